The molecule has 2 aliphatic heterocycles. The molecular weight excluding hydrogens is 761 g/mol. The highest BCUT2D eigenvalue weighted by Crippen LogP contribution is 2.46. The van der Waals surface area contributed by atoms with Crippen molar-refractivity contribution < 1.29 is 28.7 Å². The van der Waals surface area contributed by atoms with E-state index in [9.17, 15) is 19.2 Å². The van der Waals surface area contributed by atoms with E-state index in [1.807, 2.05) is 49.8 Å². The Morgan fingerprint density at radius 3 is 2.05 bits per heavy atom. The largest absolute Gasteiger partial charge is 0.453 e. The summed E-state index contributed by atoms with van der Waals surface area (Å²) in [4.78, 5) is 72.9. The van der Waals surface area contributed by atoms with E-state index in [4.69, 9.17) is 19.4 Å². The maximum atomic E-state index is 14.3. The lowest BCUT2D eigenvalue weighted by Crippen LogP contribution is -2.53. The molecule has 5 aromatic rings. The molecule has 4 N–H and O–H groups in total. The molecule has 0 unspecified atom stereocenters. The molecule has 0 radical (unpaired) electrons. The molecule has 14 heteroatoms. The van der Waals surface area contributed by atoms with Crippen molar-refractivity contribution in [3.05, 3.63) is 72.4 Å². The van der Waals surface area contributed by atoms with E-state index in [1.54, 1.807) is 0 Å². The molecule has 0 bridgehead atoms. The summed E-state index contributed by atoms with van der Waals surface area (Å²) in [5, 5.41) is 7.68. The maximum absolute atomic E-state index is 14.3. The minimum atomic E-state index is -0.695. The second kappa shape index (κ2) is 17.0. The Morgan fingerprint density at radius 2 is 1.35 bits per heavy atom. The molecule has 14 nitrogen and oxygen atoms in total. The van der Waals surface area contributed by atoms with Crippen LogP contribution in [0.2, 0.25) is 0 Å². The van der Waals surface area contributed by atoms with Crippen molar-refractivity contribution >= 4 is 45.8 Å². The van der Waals surface area contributed by atoms with Gasteiger partial charge in [-0.2, -0.15) is 0 Å². The summed E-state index contributed by atoms with van der Waals surface area (Å²) in [6, 6.07) is 17.3. The number of alkyl carbamates (subject to hydrolysis) is 2. The first-order valence-corrected chi connectivity index (χ1v) is 21.3. The van der Waals surface area contributed by atoms with Gasteiger partial charge in [0, 0.05) is 18.2 Å². The van der Waals surface area contributed by atoms with Crippen molar-refractivity contribution in [3.8, 4) is 22.4 Å². The molecule has 2 saturated heterocycles. The Balaban J connectivity index is 1.01. The van der Waals surface area contributed by atoms with Crippen LogP contribution in [-0.4, -0.2) is 92.6 Å². The van der Waals surface area contributed by atoms with E-state index in [0.717, 1.165) is 101 Å². The number of aromatic amines is 2. The number of carbonyl (C=O) groups is 4. The summed E-state index contributed by atoms with van der Waals surface area (Å²) in [6.45, 7) is 8.29. The monoisotopic (exact) mass is 816 g/mol. The summed E-state index contributed by atoms with van der Waals surface area (Å²) < 4.78 is 9.66. The van der Waals surface area contributed by atoms with Crippen LogP contribution in [0.15, 0.2) is 60.8 Å². The quantitative estimate of drug-likeness (QED) is 0.110. The van der Waals surface area contributed by atoms with Crippen molar-refractivity contribution in [2.24, 2.45) is 17.8 Å². The SMILES string of the molecule is COC(=O)N[C@H](C(=O)N1CCC[C@H]1c1ncc(-c2ccc3cc(-c4ccc5nc([C@@H]6C[C@@H]7CCCC[C@@H]7N6C(=O)[C@@H](NC(=O)OC)C(C)C)[nH]c5c4)ccc3c2)[nH]1)C(C)C. The highest BCUT2D eigenvalue weighted by atomic mass is 16.5. The first-order chi connectivity index (χ1) is 28.9. The van der Waals surface area contributed by atoms with Gasteiger partial charge in [0.15, 0.2) is 0 Å². The van der Waals surface area contributed by atoms with E-state index >= 15 is 0 Å². The van der Waals surface area contributed by atoms with E-state index < -0.39 is 24.3 Å². The average molecular weight is 817 g/mol. The van der Waals surface area contributed by atoms with Crippen LogP contribution in [0.25, 0.3) is 44.2 Å². The second-order valence-electron chi connectivity index (χ2n) is 17.3. The van der Waals surface area contributed by atoms with Crippen molar-refractivity contribution in [1.29, 1.82) is 0 Å². The zero-order valence-electron chi connectivity index (χ0n) is 35.3. The Hall–Kier alpha value is -5.92. The summed E-state index contributed by atoms with van der Waals surface area (Å²) in [7, 11) is 2.61. The Kier molecular flexibility index (Phi) is 11.6. The van der Waals surface area contributed by atoms with Gasteiger partial charge in [-0.25, -0.2) is 19.6 Å². The minimum absolute atomic E-state index is 0.0816. The molecule has 60 heavy (non-hydrogen) atoms. The minimum Gasteiger partial charge on any atom is -0.453 e. The number of hydrogen-bond acceptors (Lipinski definition) is 8. The summed E-state index contributed by atoms with van der Waals surface area (Å²) >= 11 is 0. The topological polar surface area (TPSA) is 175 Å². The number of amides is 4. The summed E-state index contributed by atoms with van der Waals surface area (Å²) in [5.41, 5.74) is 5.73. The smallest absolute Gasteiger partial charge is 0.407 e. The molecule has 4 heterocycles. The Morgan fingerprint density at radius 1 is 0.717 bits per heavy atom. The Labute approximate surface area is 350 Å². The molecule has 3 aliphatic rings. The fourth-order valence-electron chi connectivity index (χ4n) is 9.69. The van der Waals surface area contributed by atoms with Crippen LogP contribution in [0, 0.1) is 17.8 Å². The molecule has 6 atom stereocenters. The van der Waals surface area contributed by atoms with Crippen molar-refractivity contribution in [2.75, 3.05) is 20.8 Å². The first kappa shape index (κ1) is 40.8. The number of carbonyl (C=O) groups excluding carboxylic acids is 4. The van der Waals surface area contributed by atoms with Crippen LogP contribution in [-0.2, 0) is 19.1 Å². The fourth-order valence-corrected chi connectivity index (χ4v) is 9.69. The van der Waals surface area contributed by atoms with Crippen molar-refractivity contribution in [1.82, 2.24) is 40.4 Å². The predicted molar refractivity (Wildman–Crippen MR) is 229 cm³/mol. The lowest BCUT2D eigenvalue weighted by Gasteiger charge is -2.36. The highest BCUT2D eigenvalue weighted by molar-refractivity contribution is 5.92. The number of fused-ring (bicyclic) bond motifs is 3. The van der Waals surface area contributed by atoms with Crippen LogP contribution in [0.1, 0.15) is 96.4 Å². The lowest BCUT2D eigenvalue weighted by atomic mass is 9.84. The number of nitrogens with zero attached hydrogens (tertiary/aromatic N) is 4. The van der Waals surface area contributed by atoms with Gasteiger partial charge in [0.25, 0.3) is 0 Å². The average Bonchev–Trinajstić information content (AvgIpc) is 4.08. The normalized spacial score (nSPS) is 21.3. The number of methoxy groups -OCH3 is 2. The Bertz CT molecular complexity index is 2400. The van der Waals surface area contributed by atoms with Gasteiger partial charge < -0.3 is 39.9 Å². The number of H-pyrrole nitrogens is 2. The lowest BCUT2D eigenvalue weighted by molar-refractivity contribution is -0.138. The molecule has 1 saturated carbocycles. The van der Waals surface area contributed by atoms with Crippen LogP contribution < -0.4 is 10.6 Å². The van der Waals surface area contributed by atoms with Crippen LogP contribution in [0.5, 0.6) is 0 Å². The summed E-state index contributed by atoms with van der Waals surface area (Å²) in [6.07, 6.45) is 7.33. The van der Waals surface area contributed by atoms with E-state index in [-0.39, 0.29) is 41.8 Å². The van der Waals surface area contributed by atoms with Gasteiger partial charge in [0.1, 0.15) is 23.7 Å². The molecule has 2 aromatic heterocycles. The summed E-state index contributed by atoms with van der Waals surface area (Å²) in [5.74, 6) is 1.46. The second-order valence-corrected chi connectivity index (χ2v) is 17.3. The maximum Gasteiger partial charge on any atom is 0.407 e. The number of nitrogens with one attached hydrogen (secondary N) is 4. The van der Waals surface area contributed by atoms with E-state index in [2.05, 4.69) is 69.1 Å². The van der Waals surface area contributed by atoms with Crippen LogP contribution in [0.4, 0.5) is 9.59 Å². The zero-order chi connectivity index (χ0) is 42.2. The third-order valence-electron chi connectivity index (χ3n) is 12.9. The molecule has 3 aromatic carbocycles. The first-order valence-electron chi connectivity index (χ1n) is 21.3. The third kappa shape index (κ3) is 7.91. The molecule has 3 fully saturated rings. The van der Waals surface area contributed by atoms with E-state index in [0.29, 0.717) is 12.5 Å². The highest BCUT2D eigenvalue weighted by Gasteiger charge is 2.48. The zero-order valence-corrected chi connectivity index (χ0v) is 35.3. The number of benzene rings is 3. The van der Waals surface area contributed by atoms with Gasteiger partial charge in [-0.1, -0.05) is 70.9 Å². The fraction of sp³-hybridized carbons (Fsp3) is 0.478. The van der Waals surface area contributed by atoms with Gasteiger partial charge in [0.2, 0.25) is 11.8 Å². The molecule has 0 spiro atoms. The molecule has 8 rings (SSSR count). The van der Waals surface area contributed by atoms with Gasteiger partial charge in [-0.05, 0) is 96.0 Å². The number of likely N-dealkylation sites (tertiary alicyclic amines) is 2. The number of ether oxygens (including phenoxy) is 2. The number of rotatable bonds is 10. The number of aromatic nitrogens is 4. The van der Waals surface area contributed by atoms with Gasteiger partial charge in [-0.3, -0.25) is 9.59 Å². The number of imidazole rings is 2. The third-order valence-corrected chi connectivity index (χ3v) is 12.9. The predicted octanol–water partition coefficient (Wildman–Crippen LogP) is 8.03. The van der Waals surface area contributed by atoms with Crippen molar-refractivity contribution in [2.45, 2.75) is 103 Å². The van der Waals surface area contributed by atoms with Gasteiger partial charge in [-0.15, -0.1) is 0 Å². The molecule has 1 aliphatic carbocycles. The molecular formula is C46H56N8O6. The molecule has 4 amide bonds. The molecule has 316 valence electrons. The van der Waals surface area contributed by atoms with Gasteiger partial charge >= 0.3 is 12.2 Å². The van der Waals surface area contributed by atoms with Crippen LogP contribution >= 0.6 is 0 Å². The number of hydrogen-bond donors (Lipinski definition) is 4. The van der Waals surface area contributed by atoms with E-state index in [1.165, 1.54) is 14.2 Å². The standard InChI is InChI=1S/C46H56N8O6/c1-25(2)39(51-45(57)59-5)43(55)53-19-9-12-37(53)41-47-24-35(50-41)31-16-15-27-20-28(13-14-29(27)21-31)30-17-18-33-34(22-30)49-42(48-33)38-23-32-10-7-8-11-36(32)54(38)44(56)40(26(3)4)52-46(58)60-6/h13-18,20-22,24-26,32,36-40H,7-12,19,23H2,1-6H3,(H,47,50)(H,48,49)(H,51,57)(H,52,58)/t32-,36-,37-,38-,39-,40-/m0/s1. The van der Waals surface area contributed by atoms with Crippen molar-refractivity contribution in [3.63, 3.8) is 0 Å². The van der Waals surface area contributed by atoms with Crippen LogP contribution in [0.3, 0.4) is 0 Å². The van der Waals surface area contributed by atoms with Gasteiger partial charge in [0.05, 0.1) is 49.2 Å².